The number of aliphatic carboxylic acids is 1. The molecule has 0 heterocycles. The molecule has 0 aliphatic rings. The summed E-state index contributed by atoms with van der Waals surface area (Å²) in [5.41, 5.74) is 1.18. The number of anilines is 1. The zero-order valence-electron chi connectivity index (χ0n) is 11.6. The summed E-state index contributed by atoms with van der Waals surface area (Å²) in [7, 11) is 0. The number of aryl methyl sites for hydroxylation is 1. The Morgan fingerprint density at radius 2 is 2.10 bits per heavy atom. The van der Waals surface area contributed by atoms with Crippen molar-refractivity contribution in [2.24, 2.45) is 0 Å². The fraction of sp³-hybridized carbons (Fsp3) is 0.429. The van der Waals surface area contributed by atoms with Gasteiger partial charge in [0.15, 0.2) is 0 Å². The standard InChI is InChI=1S/C14H19FN2O3/c1-9-8-11(15)6-7-12(9)17-14(20)16-10(2)4-3-5-13(18)19/h6-8,10H,3-5H2,1-2H3,(H,18,19)(H2,16,17,20). The number of amides is 2. The van der Waals surface area contributed by atoms with Gasteiger partial charge in [-0.05, 0) is 50.5 Å². The molecule has 0 saturated heterocycles. The van der Waals surface area contributed by atoms with Crippen LogP contribution in [0.3, 0.4) is 0 Å². The zero-order valence-corrected chi connectivity index (χ0v) is 11.6. The van der Waals surface area contributed by atoms with Crippen LogP contribution in [0.5, 0.6) is 0 Å². The summed E-state index contributed by atoms with van der Waals surface area (Å²) in [4.78, 5) is 22.1. The van der Waals surface area contributed by atoms with Gasteiger partial charge in [0, 0.05) is 18.2 Å². The third-order valence-electron chi connectivity index (χ3n) is 2.84. The normalized spacial score (nSPS) is 11.8. The topological polar surface area (TPSA) is 78.4 Å². The van der Waals surface area contributed by atoms with Crippen LogP contribution in [0.15, 0.2) is 18.2 Å². The average Bonchev–Trinajstić information content (AvgIpc) is 2.32. The van der Waals surface area contributed by atoms with Crippen LogP contribution in [0.4, 0.5) is 14.9 Å². The van der Waals surface area contributed by atoms with Gasteiger partial charge in [-0.1, -0.05) is 0 Å². The van der Waals surface area contributed by atoms with Gasteiger partial charge in [0.05, 0.1) is 0 Å². The van der Waals surface area contributed by atoms with Gasteiger partial charge in [-0.2, -0.15) is 0 Å². The molecule has 1 aromatic carbocycles. The van der Waals surface area contributed by atoms with Crippen molar-refractivity contribution in [2.45, 2.75) is 39.2 Å². The molecule has 110 valence electrons. The molecule has 0 fully saturated rings. The highest BCUT2D eigenvalue weighted by Crippen LogP contribution is 2.15. The van der Waals surface area contributed by atoms with Crippen LogP contribution in [0, 0.1) is 12.7 Å². The first kappa shape index (κ1) is 15.9. The maximum Gasteiger partial charge on any atom is 0.319 e. The van der Waals surface area contributed by atoms with Crippen molar-refractivity contribution in [2.75, 3.05) is 5.32 Å². The predicted molar refractivity (Wildman–Crippen MR) is 74.2 cm³/mol. The molecule has 1 unspecified atom stereocenters. The summed E-state index contributed by atoms with van der Waals surface area (Å²) in [6.45, 7) is 3.51. The smallest absolute Gasteiger partial charge is 0.319 e. The molecule has 0 bridgehead atoms. The average molecular weight is 282 g/mol. The first-order valence-electron chi connectivity index (χ1n) is 6.44. The van der Waals surface area contributed by atoms with Gasteiger partial charge in [0.1, 0.15) is 5.82 Å². The Hall–Kier alpha value is -2.11. The van der Waals surface area contributed by atoms with Crippen LogP contribution in [0.1, 0.15) is 31.7 Å². The number of urea groups is 1. The highest BCUT2D eigenvalue weighted by Gasteiger charge is 2.09. The van der Waals surface area contributed by atoms with Gasteiger partial charge < -0.3 is 15.7 Å². The van der Waals surface area contributed by atoms with Crippen LogP contribution in [-0.2, 0) is 4.79 Å². The maximum absolute atomic E-state index is 12.9. The molecule has 1 atom stereocenters. The van der Waals surface area contributed by atoms with Crippen molar-refractivity contribution in [3.63, 3.8) is 0 Å². The summed E-state index contributed by atoms with van der Waals surface area (Å²) in [6.07, 6.45) is 1.18. The summed E-state index contributed by atoms with van der Waals surface area (Å²) in [6, 6.07) is 3.60. The second-order valence-electron chi connectivity index (χ2n) is 4.74. The molecule has 3 N–H and O–H groups in total. The monoisotopic (exact) mass is 282 g/mol. The highest BCUT2D eigenvalue weighted by atomic mass is 19.1. The van der Waals surface area contributed by atoms with Crippen molar-refractivity contribution in [3.05, 3.63) is 29.6 Å². The summed E-state index contributed by atoms with van der Waals surface area (Å²) in [5, 5.41) is 13.9. The van der Waals surface area contributed by atoms with E-state index in [0.717, 1.165) is 0 Å². The Kier molecular flexibility index (Phi) is 5.96. The van der Waals surface area contributed by atoms with Gasteiger partial charge in [-0.25, -0.2) is 9.18 Å². The summed E-state index contributed by atoms with van der Waals surface area (Å²) >= 11 is 0. The van der Waals surface area contributed by atoms with Crippen molar-refractivity contribution < 1.29 is 19.1 Å². The molecule has 1 rings (SSSR count). The van der Waals surface area contributed by atoms with Gasteiger partial charge >= 0.3 is 12.0 Å². The van der Waals surface area contributed by atoms with Crippen LogP contribution >= 0.6 is 0 Å². The van der Waals surface area contributed by atoms with Crippen LogP contribution in [-0.4, -0.2) is 23.1 Å². The van der Waals surface area contributed by atoms with E-state index in [4.69, 9.17) is 5.11 Å². The number of carboxylic acid groups (broad SMARTS) is 1. The van der Waals surface area contributed by atoms with Crippen LogP contribution in [0.2, 0.25) is 0 Å². The van der Waals surface area contributed by atoms with Crippen LogP contribution in [0.25, 0.3) is 0 Å². The first-order valence-corrected chi connectivity index (χ1v) is 6.44. The molecule has 0 aliphatic carbocycles. The molecule has 0 radical (unpaired) electrons. The number of hydrogen-bond donors (Lipinski definition) is 3. The van der Waals surface area contributed by atoms with E-state index in [1.807, 2.05) is 0 Å². The predicted octanol–water partition coefficient (Wildman–Crippen LogP) is 2.90. The number of halogens is 1. The quantitative estimate of drug-likeness (QED) is 0.750. The largest absolute Gasteiger partial charge is 0.481 e. The highest BCUT2D eigenvalue weighted by molar-refractivity contribution is 5.90. The Morgan fingerprint density at radius 1 is 1.40 bits per heavy atom. The van der Waals surface area contributed by atoms with Crippen LogP contribution < -0.4 is 10.6 Å². The molecule has 0 saturated carbocycles. The number of hydrogen-bond acceptors (Lipinski definition) is 2. The molecule has 6 heteroatoms. The van der Waals surface area contributed by atoms with Gasteiger partial charge in [-0.15, -0.1) is 0 Å². The molecule has 1 aromatic rings. The van der Waals surface area contributed by atoms with E-state index in [1.54, 1.807) is 13.8 Å². The van der Waals surface area contributed by atoms with Gasteiger partial charge in [-0.3, -0.25) is 4.79 Å². The van der Waals surface area contributed by atoms with E-state index in [9.17, 15) is 14.0 Å². The van der Waals surface area contributed by atoms with Gasteiger partial charge in [0.2, 0.25) is 0 Å². The fourth-order valence-electron chi connectivity index (χ4n) is 1.78. The van der Waals surface area contributed by atoms with Crippen molar-refractivity contribution >= 4 is 17.7 Å². The number of carbonyl (C=O) groups excluding carboxylic acids is 1. The lowest BCUT2D eigenvalue weighted by molar-refractivity contribution is -0.137. The van der Waals surface area contributed by atoms with Crippen molar-refractivity contribution in [1.29, 1.82) is 0 Å². The van der Waals surface area contributed by atoms with Gasteiger partial charge in [0.25, 0.3) is 0 Å². The Morgan fingerprint density at radius 3 is 2.70 bits per heavy atom. The lowest BCUT2D eigenvalue weighted by atomic mass is 10.1. The number of carbonyl (C=O) groups is 2. The zero-order chi connectivity index (χ0) is 15.1. The molecule has 0 aliphatic heterocycles. The minimum atomic E-state index is -0.844. The first-order chi connectivity index (χ1) is 9.38. The minimum absolute atomic E-state index is 0.0880. The summed E-state index contributed by atoms with van der Waals surface area (Å²) in [5.74, 6) is -1.20. The number of rotatable bonds is 6. The van der Waals surface area contributed by atoms with E-state index < -0.39 is 5.97 Å². The van der Waals surface area contributed by atoms with E-state index in [2.05, 4.69) is 10.6 Å². The van der Waals surface area contributed by atoms with Crippen molar-refractivity contribution in [1.82, 2.24) is 5.32 Å². The molecule has 5 nitrogen and oxygen atoms in total. The SMILES string of the molecule is Cc1cc(F)ccc1NC(=O)NC(C)CCCC(=O)O. The Bertz CT molecular complexity index is 491. The molecular formula is C14H19FN2O3. The van der Waals surface area contributed by atoms with E-state index in [0.29, 0.717) is 24.1 Å². The fourth-order valence-corrected chi connectivity index (χ4v) is 1.78. The number of nitrogens with one attached hydrogen (secondary N) is 2. The molecule has 2 amide bonds. The summed E-state index contributed by atoms with van der Waals surface area (Å²) < 4.78 is 12.9. The Labute approximate surface area is 117 Å². The molecular weight excluding hydrogens is 263 g/mol. The molecule has 20 heavy (non-hydrogen) atoms. The molecule has 0 spiro atoms. The lowest BCUT2D eigenvalue weighted by Crippen LogP contribution is -2.36. The second-order valence-corrected chi connectivity index (χ2v) is 4.74. The van der Waals surface area contributed by atoms with Crippen molar-refractivity contribution in [3.8, 4) is 0 Å². The van der Waals surface area contributed by atoms with E-state index in [-0.39, 0.29) is 24.3 Å². The minimum Gasteiger partial charge on any atom is -0.481 e. The number of benzene rings is 1. The Balaban J connectivity index is 2.41. The lowest BCUT2D eigenvalue weighted by Gasteiger charge is -2.15. The second kappa shape index (κ2) is 7.47. The van der Waals surface area contributed by atoms with E-state index in [1.165, 1.54) is 18.2 Å². The molecule has 0 aromatic heterocycles. The maximum atomic E-state index is 12.9. The van der Waals surface area contributed by atoms with E-state index >= 15 is 0 Å². The number of carboxylic acids is 1. The third-order valence-corrected chi connectivity index (χ3v) is 2.84. The third kappa shape index (κ3) is 5.69.